The van der Waals surface area contributed by atoms with E-state index in [1.165, 1.54) is 6.07 Å². The second kappa shape index (κ2) is 9.00. The maximum Gasteiger partial charge on any atom is 0.471 e. The number of aryl methyl sites for hydroxylation is 1. The van der Waals surface area contributed by atoms with Gasteiger partial charge in [-0.1, -0.05) is 18.2 Å². The summed E-state index contributed by atoms with van der Waals surface area (Å²) in [5, 5.41) is 2.77. The number of halogens is 4. The summed E-state index contributed by atoms with van der Waals surface area (Å²) in [4.78, 5) is 24.0. The number of nitrogens with one attached hydrogen (secondary N) is 1. The van der Waals surface area contributed by atoms with E-state index in [4.69, 9.17) is 0 Å². The van der Waals surface area contributed by atoms with E-state index in [2.05, 4.69) is 5.32 Å². The molecule has 1 aliphatic heterocycles. The first kappa shape index (κ1) is 20.2. The van der Waals surface area contributed by atoms with E-state index < -0.39 is 12.1 Å². The zero-order valence-corrected chi connectivity index (χ0v) is 14.3. The van der Waals surface area contributed by atoms with Crippen LogP contribution < -0.4 is 5.32 Å². The van der Waals surface area contributed by atoms with Crippen molar-refractivity contribution in [2.24, 2.45) is 5.92 Å². The lowest BCUT2D eigenvalue weighted by atomic mass is 9.95. The topological polar surface area (TPSA) is 49.4 Å². The zero-order chi connectivity index (χ0) is 19.2. The Labute approximate surface area is 149 Å². The molecular weight excluding hydrogens is 352 g/mol. The van der Waals surface area contributed by atoms with Gasteiger partial charge in [0, 0.05) is 25.6 Å². The molecule has 1 N–H and O–H groups in total. The lowest BCUT2D eigenvalue weighted by Gasteiger charge is -2.31. The minimum Gasteiger partial charge on any atom is -0.356 e. The predicted octanol–water partition coefficient (Wildman–Crippen LogP) is 3.07. The van der Waals surface area contributed by atoms with Crippen molar-refractivity contribution in [1.29, 1.82) is 0 Å². The van der Waals surface area contributed by atoms with Gasteiger partial charge in [0.2, 0.25) is 5.91 Å². The number of hydrogen-bond donors (Lipinski definition) is 1. The van der Waals surface area contributed by atoms with Gasteiger partial charge in [0.15, 0.2) is 0 Å². The summed E-state index contributed by atoms with van der Waals surface area (Å²) < 4.78 is 50.6. The van der Waals surface area contributed by atoms with E-state index in [1.807, 2.05) is 0 Å². The van der Waals surface area contributed by atoms with Crippen molar-refractivity contribution in [3.63, 3.8) is 0 Å². The van der Waals surface area contributed by atoms with Gasteiger partial charge in [-0.25, -0.2) is 4.39 Å². The van der Waals surface area contributed by atoms with Crippen LogP contribution >= 0.6 is 0 Å². The highest BCUT2D eigenvalue weighted by atomic mass is 19.4. The first-order valence-corrected chi connectivity index (χ1v) is 8.66. The number of unbranched alkanes of at least 4 members (excludes halogenated alkanes) is 1. The summed E-state index contributed by atoms with van der Waals surface area (Å²) in [5.41, 5.74) is 0.639. The first-order chi connectivity index (χ1) is 12.3. The van der Waals surface area contributed by atoms with Crippen molar-refractivity contribution in [2.75, 3.05) is 19.6 Å². The van der Waals surface area contributed by atoms with Gasteiger partial charge in [-0.05, 0) is 43.7 Å². The van der Waals surface area contributed by atoms with E-state index in [-0.39, 0.29) is 43.6 Å². The van der Waals surface area contributed by atoms with Crippen molar-refractivity contribution in [3.8, 4) is 0 Å². The minimum absolute atomic E-state index is 0.0658. The Balaban J connectivity index is 1.64. The van der Waals surface area contributed by atoms with Gasteiger partial charge in [-0.15, -0.1) is 0 Å². The number of nitrogens with zero attached hydrogens (tertiary/aromatic N) is 1. The van der Waals surface area contributed by atoms with Crippen LogP contribution in [0.2, 0.25) is 0 Å². The molecule has 0 aromatic heterocycles. The molecule has 0 atom stereocenters. The summed E-state index contributed by atoms with van der Waals surface area (Å²) >= 11 is 0. The van der Waals surface area contributed by atoms with Gasteiger partial charge < -0.3 is 10.2 Å². The van der Waals surface area contributed by atoms with Crippen LogP contribution in [0.1, 0.15) is 31.2 Å². The zero-order valence-electron chi connectivity index (χ0n) is 14.3. The molecule has 4 nitrogen and oxygen atoms in total. The van der Waals surface area contributed by atoms with Crippen LogP contribution in [0.15, 0.2) is 24.3 Å². The van der Waals surface area contributed by atoms with E-state index in [9.17, 15) is 27.2 Å². The van der Waals surface area contributed by atoms with Crippen molar-refractivity contribution in [1.82, 2.24) is 10.2 Å². The van der Waals surface area contributed by atoms with Crippen molar-refractivity contribution >= 4 is 11.8 Å². The number of benzene rings is 1. The van der Waals surface area contributed by atoms with Gasteiger partial charge >= 0.3 is 12.1 Å². The van der Waals surface area contributed by atoms with Gasteiger partial charge in [-0.3, -0.25) is 9.59 Å². The van der Waals surface area contributed by atoms with E-state index in [0.717, 1.165) is 11.3 Å². The van der Waals surface area contributed by atoms with Crippen LogP contribution in [0.5, 0.6) is 0 Å². The highest BCUT2D eigenvalue weighted by Gasteiger charge is 2.43. The van der Waals surface area contributed by atoms with E-state index in [1.54, 1.807) is 18.2 Å². The molecule has 1 aromatic carbocycles. The number of likely N-dealkylation sites (tertiary alicyclic amines) is 1. The largest absolute Gasteiger partial charge is 0.471 e. The quantitative estimate of drug-likeness (QED) is 0.615. The lowest BCUT2D eigenvalue weighted by molar-refractivity contribution is -0.186. The molecule has 1 heterocycles. The fourth-order valence-corrected chi connectivity index (χ4v) is 3.02. The predicted molar refractivity (Wildman–Crippen MR) is 87.7 cm³/mol. The summed E-state index contributed by atoms with van der Waals surface area (Å²) in [7, 11) is 0. The molecule has 0 unspecified atom stereocenters. The summed E-state index contributed by atoms with van der Waals surface area (Å²) in [6, 6.07) is 6.54. The molecule has 0 bridgehead atoms. The third-order valence-corrected chi connectivity index (χ3v) is 4.53. The second-order valence-corrected chi connectivity index (χ2v) is 6.40. The fraction of sp³-hybridized carbons (Fsp3) is 0.556. The number of carbonyl (C=O) groups excluding carboxylic acids is 2. The molecule has 0 saturated carbocycles. The molecule has 0 spiro atoms. The van der Waals surface area contributed by atoms with Crippen LogP contribution in [-0.4, -0.2) is 42.5 Å². The number of alkyl halides is 3. The van der Waals surface area contributed by atoms with Crippen LogP contribution in [0.25, 0.3) is 0 Å². The molecule has 2 amide bonds. The summed E-state index contributed by atoms with van der Waals surface area (Å²) in [6.07, 6.45) is -2.43. The molecule has 8 heteroatoms. The highest BCUT2D eigenvalue weighted by Crippen LogP contribution is 2.24. The molecule has 0 aliphatic carbocycles. The summed E-state index contributed by atoms with van der Waals surface area (Å²) in [5.74, 6) is -2.66. The second-order valence-electron chi connectivity index (χ2n) is 6.40. The fourth-order valence-electron chi connectivity index (χ4n) is 3.02. The molecule has 1 fully saturated rings. The first-order valence-electron chi connectivity index (χ1n) is 8.66. The smallest absolute Gasteiger partial charge is 0.356 e. The Hall–Kier alpha value is -2.12. The number of carbonyl (C=O) groups is 2. The maximum atomic E-state index is 13.5. The number of hydrogen-bond acceptors (Lipinski definition) is 2. The Bertz CT molecular complexity index is 626. The minimum atomic E-state index is -4.87. The average Bonchev–Trinajstić information content (AvgIpc) is 2.61. The number of rotatable bonds is 6. The third-order valence-electron chi connectivity index (χ3n) is 4.53. The molecule has 2 rings (SSSR count). The Morgan fingerprint density at radius 2 is 1.77 bits per heavy atom. The highest BCUT2D eigenvalue weighted by molar-refractivity contribution is 5.83. The monoisotopic (exact) mass is 374 g/mol. The van der Waals surface area contributed by atoms with Gasteiger partial charge in [-0.2, -0.15) is 13.2 Å². The number of piperidine rings is 1. The van der Waals surface area contributed by atoms with Crippen molar-refractivity contribution < 1.29 is 27.2 Å². The Kier molecular flexibility index (Phi) is 6.99. The third kappa shape index (κ3) is 5.71. The van der Waals surface area contributed by atoms with Gasteiger partial charge in [0.25, 0.3) is 0 Å². The van der Waals surface area contributed by atoms with Gasteiger partial charge in [0.05, 0.1) is 0 Å². The molecule has 144 valence electrons. The van der Waals surface area contributed by atoms with Crippen LogP contribution in [0.3, 0.4) is 0 Å². The molecule has 0 radical (unpaired) electrons. The standard InChI is InChI=1S/C18H22F4N2O2/c19-15-7-2-1-5-13(15)6-3-4-10-23-16(25)14-8-11-24(12-9-14)17(26)18(20,21)22/h1-2,5,7,14H,3-4,6,8-12H2,(H,23,25). The number of amides is 2. The Morgan fingerprint density at radius 1 is 1.12 bits per heavy atom. The van der Waals surface area contributed by atoms with Crippen LogP contribution in [-0.2, 0) is 16.0 Å². The van der Waals surface area contributed by atoms with Gasteiger partial charge in [0.1, 0.15) is 5.82 Å². The molecule has 1 aliphatic rings. The molecule has 1 saturated heterocycles. The van der Waals surface area contributed by atoms with Crippen LogP contribution in [0, 0.1) is 11.7 Å². The molecular formula is C18H22F4N2O2. The Morgan fingerprint density at radius 3 is 2.38 bits per heavy atom. The van der Waals surface area contributed by atoms with Crippen molar-refractivity contribution in [2.45, 2.75) is 38.3 Å². The van der Waals surface area contributed by atoms with E-state index in [0.29, 0.717) is 24.9 Å². The normalized spacial score (nSPS) is 15.8. The maximum absolute atomic E-state index is 13.5. The molecule has 1 aromatic rings. The van der Waals surface area contributed by atoms with Crippen LogP contribution in [0.4, 0.5) is 17.6 Å². The summed E-state index contributed by atoms with van der Waals surface area (Å²) in [6.45, 7) is 0.308. The average molecular weight is 374 g/mol. The lowest BCUT2D eigenvalue weighted by Crippen LogP contribution is -2.47. The van der Waals surface area contributed by atoms with E-state index >= 15 is 0 Å². The SMILES string of the molecule is O=C(NCCCCc1ccccc1F)C1CCN(C(=O)C(F)(F)F)CC1. The van der Waals surface area contributed by atoms with Crippen molar-refractivity contribution in [3.05, 3.63) is 35.6 Å². The molecule has 26 heavy (non-hydrogen) atoms.